The van der Waals surface area contributed by atoms with E-state index in [9.17, 15) is 5.26 Å². The van der Waals surface area contributed by atoms with Gasteiger partial charge in [0.15, 0.2) is 5.82 Å². The fourth-order valence-corrected chi connectivity index (χ4v) is 2.57. The summed E-state index contributed by atoms with van der Waals surface area (Å²) in [5.74, 6) is 0.806. The van der Waals surface area contributed by atoms with E-state index in [1.807, 2.05) is 0 Å². The second-order valence-electron chi connectivity index (χ2n) is 5.07. The molecule has 0 unspecified atom stereocenters. The summed E-state index contributed by atoms with van der Waals surface area (Å²) in [5.41, 5.74) is 2.79. The highest BCUT2D eigenvalue weighted by Crippen LogP contribution is 2.33. The van der Waals surface area contributed by atoms with Crippen LogP contribution in [-0.2, 0) is 12.8 Å². The van der Waals surface area contributed by atoms with E-state index < -0.39 is 0 Å². The molecular formula is C15H22N4. The van der Waals surface area contributed by atoms with E-state index >= 15 is 0 Å². The Hall–Kier alpha value is -1.63. The topological polar surface area (TPSA) is 52.8 Å². The van der Waals surface area contributed by atoms with Crippen LogP contribution in [-0.4, -0.2) is 22.8 Å². The Morgan fingerprint density at radius 3 is 2.42 bits per heavy atom. The number of hydrogen-bond donors (Lipinski definition) is 0. The summed E-state index contributed by atoms with van der Waals surface area (Å²) in [6.45, 7) is 7.27. The molecule has 19 heavy (non-hydrogen) atoms. The third kappa shape index (κ3) is 2.70. The molecule has 0 amide bonds. The van der Waals surface area contributed by atoms with Crippen molar-refractivity contribution in [2.45, 2.75) is 58.9 Å². The van der Waals surface area contributed by atoms with Gasteiger partial charge in [-0.2, -0.15) is 10.4 Å². The number of rotatable bonds is 6. The van der Waals surface area contributed by atoms with Crippen molar-refractivity contribution in [3.63, 3.8) is 0 Å². The molecule has 1 aliphatic carbocycles. The first kappa shape index (κ1) is 13.8. The Morgan fingerprint density at radius 2 is 1.95 bits per heavy atom. The molecule has 4 heteroatoms. The predicted molar refractivity (Wildman–Crippen MR) is 76.2 cm³/mol. The molecular weight excluding hydrogens is 236 g/mol. The first-order chi connectivity index (χ1) is 9.26. The van der Waals surface area contributed by atoms with Crippen molar-refractivity contribution >= 4 is 5.82 Å². The molecule has 2 rings (SSSR count). The van der Waals surface area contributed by atoms with Gasteiger partial charge in [-0.3, -0.25) is 0 Å². The first-order valence-corrected chi connectivity index (χ1v) is 7.31. The SMILES string of the molecule is CCCN(c1nnc(CC)c(CC)c1C#N)C1CC1. The van der Waals surface area contributed by atoms with Gasteiger partial charge in [0.25, 0.3) is 0 Å². The molecule has 1 fully saturated rings. The normalized spacial score (nSPS) is 14.2. The fourth-order valence-electron chi connectivity index (χ4n) is 2.57. The lowest BCUT2D eigenvalue weighted by molar-refractivity contribution is 0.729. The molecule has 0 atom stereocenters. The zero-order chi connectivity index (χ0) is 13.8. The van der Waals surface area contributed by atoms with Gasteiger partial charge in [-0.1, -0.05) is 20.8 Å². The van der Waals surface area contributed by atoms with Crippen LogP contribution in [0.2, 0.25) is 0 Å². The lowest BCUT2D eigenvalue weighted by atomic mass is 10.0. The van der Waals surface area contributed by atoms with Crippen LogP contribution in [0.3, 0.4) is 0 Å². The first-order valence-electron chi connectivity index (χ1n) is 7.31. The molecule has 1 aromatic rings. The van der Waals surface area contributed by atoms with Gasteiger partial charge in [-0.15, -0.1) is 5.10 Å². The number of nitriles is 1. The molecule has 1 heterocycles. The molecule has 0 spiro atoms. The van der Waals surface area contributed by atoms with Crippen molar-refractivity contribution in [3.8, 4) is 6.07 Å². The van der Waals surface area contributed by atoms with Crippen LogP contribution >= 0.6 is 0 Å². The van der Waals surface area contributed by atoms with Gasteiger partial charge in [0, 0.05) is 12.6 Å². The van der Waals surface area contributed by atoms with Crippen molar-refractivity contribution in [2.75, 3.05) is 11.4 Å². The average Bonchev–Trinajstić information content (AvgIpc) is 3.27. The van der Waals surface area contributed by atoms with Crippen LogP contribution in [0.4, 0.5) is 5.82 Å². The average molecular weight is 258 g/mol. The number of aryl methyl sites for hydroxylation is 1. The van der Waals surface area contributed by atoms with E-state index in [0.29, 0.717) is 6.04 Å². The predicted octanol–water partition coefficient (Wildman–Crippen LogP) is 2.85. The van der Waals surface area contributed by atoms with Gasteiger partial charge >= 0.3 is 0 Å². The van der Waals surface area contributed by atoms with E-state index in [1.54, 1.807) is 0 Å². The standard InChI is InChI=1S/C15H22N4/c1-4-9-19(11-7-8-11)15-13(10-16)12(5-2)14(6-3)17-18-15/h11H,4-9H2,1-3H3. The summed E-state index contributed by atoms with van der Waals surface area (Å²) in [6.07, 6.45) is 5.18. The summed E-state index contributed by atoms with van der Waals surface area (Å²) < 4.78 is 0. The Morgan fingerprint density at radius 1 is 1.21 bits per heavy atom. The molecule has 4 nitrogen and oxygen atoms in total. The van der Waals surface area contributed by atoms with Crippen molar-refractivity contribution < 1.29 is 0 Å². The van der Waals surface area contributed by atoms with Crippen LogP contribution in [0.1, 0.15) is 56.9 Å². The van der Waals surface area contributed by atoms with Gasteiger partial charge in [0.2, 0.25) is 0 Å². The lowest BCUT2D eigenvalue weighted by Gasteiger charge is -2.24. The summed E-state index contributed by atoms with van der Waals surface area (Å²) in [6, 6.07) is 2.94. The molecule has 0 saturated heterocycles. The highest BCUT2D eigenvalue weighted by atomic mass is 15.3. The molecule has 0 N–H and O–H groups in total. The largest absolute Gasteiger partial charge is 0.351 e. The summed E-state index contributed by atoms with van der Waals surface area (Å²) in [7, 11) is 0. The van der Waals surface area contributed by atoms with Crippen LogP contribution in [0.15, 0.2) is 0 Å². The minimum absolute atomic E-state index is 0.568. The maximum absolute atomic E-state index is 9.53. The molecule has 0 aromatic carbocycles. The minimum atomic E-state index is 0.568. The van der Waals surface area contributed by atoms with Gasteiger partial charge in [-0.25, -0.2) is 0 Å². The number of aromatic nitrogens is 2. The highest BCUT2D eigenvalue weighted by Gasteiger charge is 2.32. The molecule has 102 valence electrons. The van der Waals surface area contributed by atoms with Crippen LogP contribution in [0.25, 0.3) is 0 Å². The smallest absolute Gasteiger partial charge is 0.169 e. The van der Waals surface area contributed by atoms with Crippen molar-refractivity contribution in [1.29, 1.82) is 5.26 Å². The van der Waals surface area contributed by atoms with E-state index in [4.69, 9.17) is 0 Å². The molecule has 0 aliphatic heterocycles. The third-order valence-electron chi connectivity index (χ3n) is 3.66. The Labute approximate surface area is 115 Å². The van der Waals surface area contributed by atoms with E-state index in [2.05, 4.69) is 41.9 Å². The van der Waals surface area contributed by atoms with E-state index in [1.165, 1.54) is 12.8 Å². The third-order valence-corrected chi connectivity index (χ3v) is 3.66. The van der Waals surface area contributed by atoms with Gasteiger partial charge in [-0.05, 0) is 37.7 Å². The second kappa shape index (κ2) is 6.01. The molecule has 0 radical (unpaired) electrons. The second-order valence-corrected chi connectivity index (χ2v) is 5.07. The molecule has 1 saturated carbocycles. The van der Waals surface area contributed by atoms with Crippen molar-refractivity contribution in [2.24, 2.45) is 0 Å². The molecule has 1 aliphatic rings. The Balaban J connectivity index is 2.47. The summed E-state index contributed by atoms with van der Waals surface area (Å²) in [5, 5.41) is 18.2. The Bertz CT molecular complexity index is 486. The monoisotopic (exact) mass is 258 g/mol. The van der Waals surface area contributed by atoms with Crippen molar-refractivity contribution in [3.05, 3.63) is 16.8 Å². The minimum Gasteiger partial charge on any atom is -0.351 e. The number of hydrogen-bond acceptors (Lipinski definition) is 4. The zero-order valence-electron chi connectivity index (χ0n) is 12.1. The van der Waals surface area contributed by atoms with E-state index in [-0.39, 0.29) is 0 Å². The fraction of sp³-hybridized carbons (Fsp3) is 0.667. The van der Waals surface area contributed by atoms with Gasteiger partial charge in [0.1, 0.15) is 11.6 Å². The van der Waals surface area contributed by atoms with Gasteiger partial charge in [0.05, 0.1) is 5.69 Å². The maximum Gasteiger partial charge on any atom is 0.169 e. The summed E-state index contributed by atoms with van der Waals surface area (Å²) >= 11 is 0. The number of nitrogens with zero attached hydrogens (tertiary/aromatic N) is 4. The lowest BCUT2D eigenvalue weighted by Crippen LogP contribution is -2.29. The zero-order valence-corrected chi connectivity index (χ0v) is 12.1. The molecule has 0 bridgehead atoms. The number of anilines is 1. The van der Waals surface area contributed by atoms with E-state index in [0.717, 1.165) is 48.4 Å². The Kier molecular flexibility index (Phi) is 4.36. The summed E-state index contributed by atoms with van der Waals surface area (Å²) in [4.78, 5) is 2.28. The maximum atomic E-state index is 9.53. The molecule has 1 aromatic heterocycles. The van der Waals surface area contributed by atoms with Gasteiger partial charge < -0.3 is 4.90 Å². The highest BCUT2D eigenvalue weighted by molar-refractivity contribution is 5.59. The van der Waals surface area contributed by atoms with Crippen LogP contribution < -0.4 is 4.90 Å². The van der Waals surface area contributed by atoms with Crippen molar-refractivity contribution in [1.82, 2.24) is 10.2 Å². The quantitative estimate of drug-likeness (QED) is 0.787. The van der Waals surface area contributed by atoms with Crippen LogP contribution in [0.5, 0.6) is 0 Å². The van der Waals surface area contributed by atoms with Crippen LogP contribution in [0, 0.1) is 11.3 Å².